The number of benzene rings is 2. The molecule has 2 aromatic carbocycles. The highest BCUT2D eigenvalue weighted by molar-refractivity contribution is 5.72. The Morgan fingerprint density at radius 2 is 1.84 bits per heavy atom. The van der Waals surface area contributed by atoms with Crippen molar-refractivity contribution in [1.29, 1.82) is 0 Å². The second-order valence-electron chi connectivity index (χ2n) is 4.89. The molecule has 0 radical (unpaired) electrons. The molecule has 0 aromatic heterocycles. The topological polar surface area (TPSA) is 99.9 Å². The lowest BCUT2D eigenvalue weighted by molar-refractivity contribution is -0.385. The van der Waals surface area contributed by atoms with Crippen LogP contribution in [0.15, 0.2) is 42.5 Å². The van der Waals surface area contributed by atoms with Gasteiger partial charge in [0.2, 0.25) is 0 Å². The molecule has 132 valence electrons. The molecule has 0 atom stereocenters. The molecule has 0 heterocycles. The molecule has 0 aliphatic carbocycles. The van der Waals surface area contributed by atoms with E-state index in [-0.39, 0.29) is 18.0 Å². The number of ether oxygens (including phenoxy) is 3. The van der Waals surface area contributed by atoms with E-state index in [1.165, 1.54) is 12.1 Å². The van der Waals surface area contributed by atoms with Crippen LogP contribution in [-0.4, -0.2) is 31.2 Å². The van der Waals surface area contributed by atoms with Crippen molar-refractivity contribution in [3.8, 4) is 11.5 Å². The fraction of sp³-hybridized carbons (Fsp3) is 0.235. The smallest absolute Gasteiger partial charge is 0.344 e. The SMILES string of the molecule is CCOC(=O)COc1cc(Nc2ccc(OC)cc2)ccc1[N+](=O)[O-]. The van der Waals surface area contributed by atoms with Crippen LogP contribution in [0, 0.1) is 10.1 Å². The van der Waals surface area contributed by atoms with E-state index in [1.807, 2.05) is 0 Å². The van der Waals surface area contributed by atoms with E-state index in [1.54, 1.807) is 44.4 Å². The van der Waals surface area contributed by atoms with Crippen molar-refractivity contribution >= 4 is 23.0 Å². The number of nitro benzene ring substituents is 1. The van der Waals surface area contributed by atoms with E-state index in [9.17, 15) is 14.9 Å². The minimum absolute atomic E-state index is 0.0171. The van der Waals surface area contributed by atoms with Crippen molar-refractivity contribution in [3.63, 3.8) is 0 Å². The highest BCUT2D eigenvalue weighted by atomic mass is 16.6. The van der Waals surface area contributed by atoms with Gasteiger partial charge in [-0.05, 0) is 37.3 Å². The molecule has 0 amide bonds. The summed E-state index contributed by atoms with van der Waals surface area (Å²) in [5.74, 6) is 0.106. The molecule has 0 bridgehead atoms. The van der Waals surface area contributed by atoms with Crippen LogP contribution in [0.25, 0.3) is 0 Å². The zero-order valence-corrected chi connectivity index (χ0v) is 13.9. The highest BCUT2D eigenvalue weighted by Gasteiger charge is 2.17. The van der Waals surface area contributed by atoms with Crippen LogP contribution in [0.2, 0.25) is 0 Å². The molecule has 0 saturated heterocycles. The summed E-state index contributed by atoms with van der Waals surface area (Å²) < 4.78 is 15.1. The Labute approximate surface area is 144 Å². The molecule has 0 unspecified atom stereocenters. The summed E-state index contributed by atoms with van der Waals surface area (Å²) in [6, 6.07) is 11.5. The lowest BCUT2D eigenvalue weighted by atomic mass is 10.2. The number of anilines is 2. The Morgan fingerprint density at radius 3 is 2.44 bits per heavy atom. The van der Waals surface area contributed by atoms with E-state index >= 15 is 0 Å². The van der Waals surface area contributed by atoms with Crippen molar-refractivity contribution < 1.29 is 23.9 Å². The molecule has 8 heteroatoms. The number of rotatable bonds is 8. The van der Waals surface area contributed by atoms with Crippen molar-refractivity contribution in [2.75, 3.05) is 25.6 Å². The van der Waals surface area contributed by atoms with Crippen LogP contribution >= 0.6 is 0 Å². The first-order chi connectivity index (χ1) is 12.0. The van der Waals surface area contributed by atoms with Gasteiger partial charge < -0.3 is 19.5 Å². The number of hydrogen-bond acceptors (Lipinski definition) is 7. The van der Waals surface area contributed by atoms with Crippen LogP contribution in [0.3, 0.4) is 0 Å². The van der Waals surface area contributed by atoms with Crippen LogP contribution in [0.4, 0.5) is 17.1 Å². The first-order valence-corrected chi connectivity index (χ1v) is 7.51. The maximum atomic E-state index is 11.4. The van der Waals surface area contributed by atoms with Gasteiger partial charge in [-0.1, -0.05) is 0 Å². The molecule has 8 nitrogen and oxygen atoms in total. The van der Waals surface area contributed by atoms with Gasteiger partial charge in [0.1, 0.15) is 5.75 Å². The number of nitrogens with zero attached hydrogens (tertiary/aromatic N) is 1. The Morgan fingerprint density at radius 1 is 1.16 bits per heavy atom. The van der Waals surface area contributed by atoms with Crippen molar-refractivity contribution in [1.82, 2.24) is 0 Å². The van der Waals surface area contributed by atoms with Gasteiger partial charge in [0.15, 0.2) is 12.4 Å². The first kappa shape index (κ1) is 18.1. The predicted molar refractivity (Wildman–Crippen MR) is 91.5 cm³/mol. The molecule has 0 fully saturated rings. The number of carbonyl (C=O) groups is 1. The van der Waals surface area contributed by atoms with Crippen molar-refractivity contribution in [2.24, 2.45) is 0 Å². The van der Waals surface area contributed by atoms with Crippen LogP contribution in [-0.2, 0) is 9.53 Å². The lowest BCUT2D eigenvalue weighted by Crippen LogP contribution is -2.15. The van der Waals surface area contributed by atoms with Gasteiger partial charge in [0, 0.05) is 23.5 Å². The number of esters is 1. The van der Waals surface area contributed by atoms with Gasteiger partial charge in [0.25, 0.3) is 0 Å². The summed E-state index contributed by atoms with van der Waals surface area (Å²) in [4.78, 5) is 21.9. The van der Waals surface area contributed by atoms with Gasteiger partial charge in [0.05, 0.1) is 18.6 Å². The second-order valence-corrected chi connectivity index (χ2v) is 4.89. The minimum atomic E-state index is -0.592. The quantitative estimate of drug-likeness (QED) is 0.445. The number of nitrogens with one attached hydrogen (secondary N) is 1. The van der Waals surface area contributed by atoms with Crippen LogP contribution < -0.4 is 14.8 Å². The Balaban J connectivity index is 2.17. The lowest BCUT2D eigenvalue weighted by Gasteiger charge is -2.10. The van der Waals surface area contributed by atoms with E-state index in [2.05, 4.69) is 5.32 Å². The normalized spacial score (nSPS) is 10.0. The molecular weight excluding hydrogens is 328 g/mol. The Bertz CT molecular complexity index is 745. The molecule has 2 rings (SSSR count). The maximum absolute atomic E-state index is 11.4. The molecule has 0 aliphatic rings. The molecule has 1 N–H and O–H groups in total. The van der Waals surface area contributed by atoms with Gasteiger partial charge in [-0.3, -0.25) is 10.1 Å². The summed E-state index contributed by atoms with van der Waals surface area (Å²) in [7, 11) is 1.58. The monoisotopic (exact) mass is 346 g/mol. The van der Waals surface area contributed by atoms with Crippen LogP contribution in [0.5, 0.6) is 11.5 Å². The van der Waals surface area contributed by atoms with E-state index in [0.717, 1.165) is 5.69 Å². The molecule has 25 heavy (non-hydrogen) atoms. The van der Waals surface area contributed by atoms with Gasteiger partial charge in [-0.25, -0.2) is 4.79 Å². The standard InChI is InChI=1S/C17H18N2O6/c1-3-24-17(20)11-25-16-10-13(6-9-15(16)19(21)22)18-12-4-7-14(23-2)8-5-12/h4-10,18H,3,11H2,1-2H3. The Hall–Kier alpha value is -3.29. The molecule has 0 saturated carbocycles. The predicted octanol–water partition coefficient (Wildman–Crippen LogP) is 3.29. The summed E-state index contributed by atoms with van der Waals surface area (Å²) in [5.41, 5.74) is 1.12. The van der Waals surface area contributed by atoms with Crippen molar-refractivity contribution in [3.05, 3.63) is 52.6 Å². The molecule has 2 aromatic rings. The van der Waals surface area contributed by atoms with Gasteiger partial charge >= 0.3 is 11.7 Å². The summed E-state index contributed by atoms with van der Waals surface area (Å²) in [6.07, 6.45) is 0. The number of nitro groups is 1. The summed E-state index contributed by atoms with van der Waals surface area (Å²) in [5, 5.41) is 14.2. The molecule has 0 spiro atoms. The largest absolute Gasteiger partial charge is 0.497 e. The zero-order valence-electron chi connectivity index (χ0n) is 13.9. The third kappa shape index (κ3) is 5.10. The van der Waals surface area contributed by atoms with E-state index in [4.69, 9.17) is 14.2 Å². The number of hydrogen-bond donors (Lipinski definition) is 1. The number of methoxy groups -OCH3 is 1. The maximum Gasteiger partial charge on any atom is 0.344 e. The molecule has 0 aliphatic heterocycles. The summed E-state index contributed by atoms with van der Waals surface area (Å²) in [6.45, 7) is 1.48. The fourth-order valence-corrected chi connectivity index (χ4v) is 2.04. The zero-order chi connectivity index (χ0) is 18.2. The highest BCUT2D eigenvalue weighted by Crippen LogP contribution is 2.31. The third-order valence-corrected chi connectivity index (χ3v) is 3.19. The average molecular weight is 346 g/mol. The summed E-state index contributed by atoms with van der Waals surface area (Å²) >= 11 is 0. The fourth-order valence-electron chi connectivity index (χ4n) is 2.04. The van der Waals surface area contributed by atoms with E-state index < -0.39 is 17.5 Å². The minimum Gasteiger partial charge on any atom is -0.497 e. The second kappa shape index (κ2) is 8.53. The number of carbonyl (C=O) groups excluding carboxylic acids is 1. The Kier molecular flexibility index (Phi) is 6.16. The average Bonchev–Trinajstić information content (AvgIpc) is 2.61. The third-order valence-electron chi connectivity index (χ3n) is 3.19. The van der Waals surface area contributed by atoms with Crippen molar-refractivity contribution in [2.45, 2.75) is 6.92 Å². The molecular formula is C17H18N2O6. The van der Waals surface area contributed by atoms with Gasteiger partial charge in [-0.15, -0.1) is 0 Å². The van der Waals surface area contributed by atoms with E-state index in [0.29, 0.717) is 11.4 Å². The first-order valence-electron chi connectivity index (χ1n) is 7.51. The van der Waals surface area contributed by atoms with Crippen LogP contribution in [0.1, 0.15) is 6.92 Å². The van der Waals surface area contributed by atoms with Gasteiger partial charge in [-0.2, -0.15) is 0 Å².